The fourth-order valence-corrected chi connectivity index (χ4v) is 3.11. The minimum atomic E-state index is -0.592. The van der Waals surface area contributed by atoms with Crippen LogP contribution >= 0.6 is 11.8 Å². The number of nitro groups is 1. The molecule has 1 aromatic carbocycles. The van der Waals surface area contributed by atoms with Crippen molar-refractivity contribution in [2.45, 2.75) is 51.2 Å². The van der Waals surface area contributed by atoms with Gasteiger partial charge in [-0.05, 0) is 25.0 Å². The summed E-state index contributed by atoms with van der Waals surface area (Å²) in [4.78, 5) is 10.3. The van der Waals surface area contributed by atoms with Crippen molar-refractivity contribution in [3.05, 3.63) is 34.1 Å². The highest BCUT2D eigenvalue weighted by Crippen LogP contribution is 2.27. The van der Waals surface area contributed by atoms with Gasteiger partial charge in [-0.3, -0.25) is 10.1 Å². The highest BCUT2D eigenvalue weighted by Gasteiger charge is 2.15. The zero-order valence-electron chi connectivity index (χ0n) is 12.6. The molecule has 21 heavy (non-hydrogen) atoms. The molecule has 0 saturated carbocycles. The monoisotopic (exact) mass is 314 g/mol. The van der Waals surface area contributed by atoms with Crippen LogP contribution in [-0.2, 0) is 0 Å². The van der Waals surface area contributed by atoms with Crippen molar-refractivity contribution >= 4 is 23.1 Å². The Hall–Kier alpha value is -1.30. The van der Waals surface area contributed by atoms with Crippen molar-refractivity contribution in [2.24, 2.45) is 0 Å². The summed E-state index contributed by atoms with van der Waals surface area (Å²) >= 11 is 1.76. The number of nitrogens with zero attached hydrogens (tertiary/aromatic N) is 1. The minimum Gasteiger partial charge on any atom is -0.370 e. The molecule has 0 spiro atoms. The zero-order chi connectivity index (χ0) is 15.7. The van der Waals surface area contributed by atoms with Crippen molar-refractivity contribution < 1.29 is 9.31 Å². The second-order valence-electron chi connectivity index (χ2n) is 4.93. The molecule has 0 bridgehead atoms. The summed E-state index contributed by atoms with van der Waals surface area (Å²) in [6, 6.07) is 3.61. The van der Waals surface area contributed by atoms with Crippen molar-refractivity contribution in [3.8, 4) is 0 Å². The smallest absolute Gasteiger partial charge is 0.295 e. The molecule has 0 aliphatic rings. The molecule has 4 nitrogen and oxygen atoms in total. The van der Waals surface area contributed by atoms with E-state index in [-0.39, 0.29) is 5.69 Å². The van der Waals surface area contributed by atoms with Crippen LogP contribution in [0, 0.1) is 15.9 Å². The maximum Gasteiger partial charge on any atom is 0.295 e. The van der Waals surface area contributed by atoms with Crippen molar-refractivity contribution in [3.63, 3.8) is 0 Å². The van der Waals surface area contributed by atoms with Crippen LogP contribution in [0.3, 0.4) is 0 Å². The van der Waals surface area contributed by atoms with E-state index in [0.717, 1.165) is 12.5 Å². The van der Waals surface area contributed by atoms with E-state index in [1.165, 1.54) is 37.8 Å². The Labute approximate surface area is 129 Å². The Morgan fingerprint density at radius 1 is 1.38 bits per heavy atom. The van der Waals surface area contributed by atoms with Gasteiger partial charge in [0.2, 0.25) is 0 Å². The fourth-order valence-electron chi connectivity index (χ4n) is 2.07. The van der Waals surface area contributed by atoms with Gasteiger partial charge in [0.15, 0.2) is 0 Å². The first-order valence-corrected chi connectivity index (χ1v) is 8.42. The van der Waals surface area contributed by atoms with Crippen LogP contribution in [0.5, 0.6) is 0 Å². The molecular weight excluding hydrogens is 291 g/mol. The molecule has 0 aliphatic carbocycles. The first-order chi connectivity index (χ1) is 10.1. The molecule has 0 fully saturated rings. The summed E-state index contributed by atoms with van der Waals surface area (Å²) < 4.78 is 13.0. The summed E-state index contributed by atoms with van der Waals surface area (Å²) in [6.45, 7) is 4.34. The number of unbranched alkanes of at least 4 members (excludes halogenated alkanes) is 2. The van der Waals surface area contributed by atoms with Crippen LogP contribution in [0.1, 0.15) is 46.0 Å². The van der Waals surface area contributed by atoms with Gasteiger partial charge in [-0.15, -0.1) is 11.8 Å². The quantitative estimate of drug-likeness (QED) is 0.279. The third kappa shape index (κ3) is 6.33. The SMILES string of the molecule is CCCCC[C@@H](CC)SCNc1ccc(F)cc1[N+](=O)[O-]. The van der Waals surface area contributed by atoms with E-state index in [0.29, 0.717) is 16.8 Å². The second-order valence-corrected chi connectivity index (χ2v) is 6.22. The van der Waals surface area contributed by atoms with Gasteiger partial charge in [0.25, 0.3) is 5.69 Å². The molecule has 0 saturated heterocycles. The second kappa shape index (κ2) is 9.60. The van der Waals surface area contributed by atoms with Crippen LogP contribution in [0.25, 0.3) is 0 Å². The third-order valence-electron chi connectivity index (χ3n) is 3.32. The van der Waals surface area contributed by atoms with Crippen LogP contribution in [0.4, 0.5) is 15.8 Å². The van der Waals surface area contributed by atoms with E-state index < -0.39 is 10.7 Å². The molecule has 0 amide bonds. The lowest BCUT2D eigenvalue weighted by Crippen LogP contribution is -2.08. The van der Waals surface area contributed by atoms with Gasteiger partial charge in [0.05, 0.1) is 16.9 Å². The number of rotatable bonds is 10. The number of nitro benzene ring substituents is 1. The van der Waals surface area contributed by atoms with Gasteiger partial charge in [0.1, 0.15) is 11.5 Å². The Bertz CT molecular complexity index is 457. The van der Waals surface area contributed by atoms with Gasteiger partial charge >= 0.3 is 0 Å². The lowest BCUT2D eigenvalue weighted by Gasteiger charge is -2.15. The van der Waals surface area contributed by atoms with Gasteiger partial charge < -0.3 is 5.32 Å². The standard InChI is InChI=1S/C15H23FN2O2S/c1-3-5-6-7-13(4-2)21-11-17-14-9-8-12(16)10-15(14)18(19)20/h8-10,13,17H,3-7,11H2,1-2H3/t13-/m1/s1. The number of hydrogen-bond acceptors (Lipinski definition) is 4. The number of thioether (sulfide) groups is 1. The normalized spacial score (nSPS) is 12.1. The molecule has 0 aliphatic heterocycles. The third-order valence-corrected chi connectivity index (χ3v) is 4.67. The van der Waals surface area contributed by atoms with Crippen molar-refractivity contribution in [1.29, 1.82) is 0 Å². The van der Waals surface area contributed by atoms with Crippen LogP contribution in [0.15, 0.2) is 18.2 Å². The Kier molecular flexibility index (Phi) is 8.12. The Morgan fingerprint density at radius 3 is 2.76 bits per heavy atom. The van der Waals surface area contributed by atoms with Crippen molar-refractivity contribution in [1.82, 2.24) is 0 Å². The predicted octanol–water partition coefficient (Wildman–Crippen LogP) is 5.20. The molecule has 6 heteroatoms. The molecule has 1 aromatic rings. The highest BCUT2D eigenvalue weighted by molar-refractivity contribution is 7.99. The number of halogens is 1. The zero-order valence-corrected chi connectivity index (χ0v) is 13.4. The lowest BCUT2D eigenvalue weighted by atomic mass is 10.1. The molecule has 1 atom stereocenters. The number of hydrogen-bond donors (Lipinski definition) is 1. The van der Waals surface area contributed by atoms with Gasteiger partial charge in [-0.2, -0.15) is 0 Å². The molecule has 118 valence electrons. The summed E-state index contributed by atoms with van der Waals surface area (Å²) in [5.74, 6) is 0.00259. The van der Waals surface area contributed by atoms with E-state index in [1.807, 2.05) is 0 Å². The average Bonchev–Trinajstić information content (AvgIpc) is 2.47. The molecule has 1 N–H and O–H groups in total. The van der Waals surface area contributed by atoms with E-state index >= 15 is 0 Å². The van der Waals surface area contributed by atoms with Gasteiger partial charge in [-0.25, -0.2) is 4.39 Å². The Balaban J connectivity index is 2.49. The van der Waals surface area contributed by atoms with E-state index in [4.69, 9.17) is 0 Å². The molecule has 0 aromatic heterocycles. The number of benzene rings is 1. The van der Waals surface area contributed by atoms with Crippen molar-refractivity contribution in [2.75, 3.05) is 11.2 Å². The van der Waals surface area contributed by atoms with E-state index in [2.05, 4.69) is 19.2 Å². The summed E-state index contributed by atoms with van der Waals surface area (Å²) in [5, 5.41) is 14.5. The lowest BCUT2D eigenvalue weighted by molar-refractivity contribution is -0.384. The van der Waals surface area contributed by atoms with E-state index in [9.17, 15) is 14.5 Å². The molecule has 0 radical (unpaired) electrons. The maximum atomic E-state index is 13.0. The fraction of sp³-hybridized carbons (Fsp3) is 0.600. The average molecular weight is 314 g/mol. The predicted molar refractivity (Wildman–Crippen MR) is 87.4 cm³/mol. The molecular formula is C15H23FN2O2S. The Morgan fingerprint density at radius 2 is 2.14 bits per heavy atom. The summed E-state index contributed by atoms with van der Waals surface area (Å²) in [7, 11) is 0. The number of anilines is 1. The number of nitrogens with one attached hydrogen (secondary N) is 1. The first-order valence-electron chi connectivity index (χ1n) is 7.37. The highest BCUT2D eigenvalue weighted by atomic mass is 32.2. The van der Waals surface area contributed by atoms with Crippen LogP contribution in [0.2, 0.25) is 0 Å². The first kappa shape index (κ1) is 17.8. The maximum absolute atomic E-state index is 13.0. The van der Waals surface area contributed by atoms with Crippen LogP contribution < -0.4 is 5.32 Å². The topological polar surface area (TPSA) is 55.2 Å². The molecule has 1 rings (SSSR count). The van der Waals surface area contributed by atoms with Gasteiger partial charge in [-0.1, -0.05) is 33.1 Å². The molecule has 0 unspecified atom stereocenters. The summed E-state index contributed by atoms with van der Waals surface area (Å²) in [5.41, 5.74) is 0.159. The summed E-state index contributed by atoms with van der Waals surface area (Å²) in [6.07, 6.45) is 5.93. The molecule has 0 heterocycles. The largest absolute Gasteiger partial charge is 0.370 e. The van der Waals surface area contributed by atoms with E-state index in [1.54, 1.807) is 11.8 Å². The van der Waals surface area contributed by atoms with Gasteiger partial charge in [0, 0.05) is 5.25 Å². The minimum absolute atomic E-state index is 0.213. The van der Waals surface area contributed by atoms with Crippen LogP contribution in [-0.4, -0.2) is 16.1 Å².